The lowest BCUT2D eigenvalue weighted by Crippen LogP contribution is -2.23. The van der Waals surface area contributed by atoms with E-state index in [1.54, 1.807) is 42.5 Å². The van der Waals surface area contributed by atoms with Crippen molar-refractivity contribution < 1.29 is 5.11 Å². The van der Waals surface area contributed by atoms with Crippen molar-refractivity contribution in [3.05, 3.63) is 74.8 Å². The lowest BCUT2D eigenvalue weighted by Gasteiger charge is -2.13. The molecular formula is C16H12Cl2N2O2. The second kappa shape index (κ2) is 6.08. The van der Waals surface area contributed by atoms with Gasteiger partial charge in [0.25, 0.3) is 5.56 Å². The Morgan fingerprint density at radius 1 is 1.09 bits per heavy atom. The van der Waals surface area contributed by atoms with Crippen LogP contribution in [0.25, 0.3) is 10.9 Å². The molecule has 0 saturated carbocycles. The van der Waals surface area contributed by atoms with E-state index in [4.69, 9.17) is 23.2 Å². The van der Waals surface area contributed by atoms with E-state index in [1.807, 2.05) is 0 Å². The minimum atomic E-state index is -0.826. The van der Waals surface area contributed by atoms with Crippen molar-refractivity contribution >= 4 is 34.1 Å². The van der Waals surface area contributed by atoms with E-state index in [-0.39, 0.29) is 12.1 Å². The molecule has 0 saturated heterocycles. The van der Waals surface area contributed by atoms with Gasteiger partial charge >= 0.3 is 0 Å². The van der Waals surface area contributed by atoms with E-state index in [1.165, 1.54) is 10.9 Å². The molecule has 1 N–H and O–H groups in total. The summed E-state index contributed by atoms with van der Waals surface area (Å²) in [5, 5.41) is 11.8. The van der Waals surface area contributed by atoms with Crippen LogP contribution in [0, 0.1) is 0 Å². The average molecular weight is 335 g/mol. The highest BCUT2D eigenvalue weighted by molar-refractivity contribution is 6.31. The summed E-state index contributed by atoms with van der Waals surface area (Å²) in [6.45, 7) is 0.107. The van der Waals surface area contributed by atoms with E-state index in [2.05, 4.69) is 4.98 Å². The van der Waals surface area contributed by atoms with Crippen LogP contribution in [-0.2, 0) is 6.54 Å². The SMILES string of the molecule is O=c1c2cc(Cl)ccc2ncn1C[C@@H](O)c1ccc(Cl)cc1. The van der Waals surface area contributed by atoms with Crippen molar-refractivity contribution in [1.82, 2.24) is 9.55 Å². The van der Waals surface area contributed by atoms with E-state index >= 15 is 0 Å². The number of halogens is 2. The molecule has 0 aliphatic carbocycles. The van der Waals surface area contributed by atoms with Gasteiger partial charge in [0.15, 0.2) is 0 Å². The molecule has 2 aromatic carbocycles. The fraction of sp³-hybridized carbons (Fsp3) is 0.125. The molecule has 22 heavy (non-hydrogen) atoms. The fourth-order valence-corrected chi connectivity index (χ4v) is 2.54. The molecule has 0 aliphatic rings. The van der Waals surface area contributed by atoms with Crippen molar-refractivity contribution in [2.45, 2.75) is 12.6 Å². The Labute approximate surface area is 136 Å². The van der Waals surface area contributed by atoms with Crippen LogP contribution < -0.4 is 5.56 Å². The summed E-state index contributed by atoms with van der Waals surface area (Å²) in [7, 11) is 0. The molecule has 3 aromatic rings. The number of aliphatic hydroxyl groups excluding tert-OH is 1. The van der Waals surface area contributed by atoms with Gasteiger partial charge < -0.3 is 5.11 Å². The van der Waals surface area contributed by atoms with Crippen molar-refractivity contribution in [3.8, 4) is 0 Å². The summed E-state index contributed by atoms with van der Waals surface area (Å²) in [6.07, 6.45) is 0.603. The van der Waals surface area contributed by atoms with Crippen LogP contribution in [0.15, 0.2) is 53.6 Å². The lowest BCUT2D eigenvalue weighted by molar-refractivity contribution is 0.155. The highest BCUT2D eigenvalue weighted by Crippen LogP contribution is 2.18. The molecule has 4 nitrogen and oxygen atoms in total. The third-order valence-corrected chi connectivity index (χ3v) is 3.90. The van der Waals surface area contributed by atoms with Gasteiger partial charge in [-0.25, -0.2) is 4.98 Å². The number of nitrogens with zero attached hydrogens (tertiary/aromatic N) is 2. The third kappa shape index (κ3) is 2.99. The number of aromatic nitrogens is 2. The van der Waals surface area contributed by atoms with Crippen LogP contribution in [0.5, 0.6) is 0 Å². The Kier molecular flexibility index (Phi) is 4.16. The normalized spacial score (nSPS) is 12.5. The third-order valence-electron chi connectivity index (χ3n) is 3.41. The molecule has 0 amide bonds. The first-order valence-electron chi connectivity index (χ1n) is 6.63. The van der Waals surface area contributed by atoms with Gasteiger partial charge in [-0.3, -0.25) is 9.36 Å². The highest BCUT2D eigenvalue weighted by atomic mass is 35.5. The predicted molar refractivity (Wildman–Crippen MR) is 87.4 cm³/mol. The maximum atomic E-state index is 12.4. The van der Waals surface area contributed by atoms with Crippen LogP contribution in [0.1, 0.15) is 11.7 Å². The Balaban J connectivity index is 1.95. The van der Waals surface area contributed by atoms with E-state index in [9.17, 15) is 9.90 Å². The molecule has 0 unspecified atom stereocenters. The van der Waals surface area contributed by atoms with Crippen LogP contribution in [-0.4, -0.2) is 14.7 Å². The quantitative estimate of drug-likeness (QED) is 0.798. The summed E-state index contributed by atoms with van der Waals surface area (Å²) in [5.74, 6) is 0. The zero-order valence-electron chi connectivity index (χ0n) is 11.4. The maximum absolute atomic E-state index is 12.4. The van der Waals surface area contributed by atoms with E-state index < -0.39 is 6.10 Å². The molecule has 3 rings (SSSR count). The van der Waals surface area contributed by atoms with Crippen LogP contribution in [0.2, 0.25) is 10.0 Å². The van der Waals surface area contributed by atoms with Crippen molar-refractivity contribution in [1.29, 1.82) is 0 Å². The predicted octanol–water partition coefficient (Wildman–Crippen LogP) is 3.44. The van der Waals surface area contributed by atoms with E-state index in [0.717, 1.165) is 0 Å². The van der Waals surface area contributed by atoms with Gasteiger partial charge in [0, 0.05) is 10.0 Å². The first kappa shape index (κ1) is 15.0. The molecule has 112 valence electrons. The average Bonchev–Trinajstić information content (AvgIpc) is 2.51. The summed E-state index contributed by atoms with van der Waals surface area (Å²) in [4.78, 5) is 16.6. The van der Waals surface area contributed by atoms with Crippen LogP contribution >= 0.6 is 23.2 Å². The van der Waals surface area contributed by atoms with Crippen LogP contribution in [0.4, 0.5) is 0 Å². The second-order valence-electron chi connectivity index (χ2n) is 4.93. The van der Waals surface area contributed by atoms with Crippen molar-refractivity contribution in [2.24, 2.45) is 0 Å². The Hall–Kier alpha value is -1.88. The Morgan fingerprint density at radius 3 is 2.50 bits per heavy atom. The number of rotatable bonds is 3. The molecule has 1 aromatic heterocycles. The topological polar surface area (TPSA) is 55.1 Å². The van der Waals surface area contributed by atoms with Gasteiger partial charge in [-0.05, 0) is 35.9 Å². The summed E-state index contributed by atoms with van der Waals surface area (Å²) in [5.41, 5.74) is 1.02. The molecular weight excluding hydrogens is 323 g/mol. The molecule has 0 aliphatic heterocycles. The first-order chi connectivity index (χ1) is 10.5. The molecule has 0 bridgehead atoms. The maximum Gasteiger partial charge on any atom is 0.261 e. The first-order valence-corrected chi connectivity index (χ1v) is 7.38. The van der Waals surface area contributed by atoms with E-state index in [0.29, 0.717) is 26.5 Å². The van der Waals surface area contributed by atoms with Gasteiger partial charge in [-0.15, -0.1) is 0 Å². The smallest absolute Gasteiger partial charge is 0.261 e. The summed E-state index contributed by atoms with van der Waals surface area (Å²) >= 11 is 11.7. The molecule has 1 atom stereocenters. The van der Waals surface area contributed by atoms with Crippen molar-refractivity contribution in [3.63, 3.8) is 0 Å². The molecule has 0 fully saturated rings. The minimum Gasteiger partial charge on any atom is -0.387 e. The lowest BCUT2D eigenvalue weighted by atomic mass is 10.1. The second-order valence-corrected chi connectivity index (χ2v) is 5.80. The number of benzene rings is 2. The van der Waals surface area contributed by atoms with Gasteiger partial charge in [0.05, 0.1) is 29.9 Å². The monoisotopic (exact) mass is 334 g/mol. The Morgan fingerprint density at radius 2 is 1.77 bits per heavy atom. The number of hydrogen-bond acceptors (Lipinski definition) is 3. The van der Waals surface area contributed by atoms with Gasteiger partial charge in [0.1, 0.15) is 0 Å². The molecule has 0 radical (unpaired) electrons. The standard InChI is InChI=1S/C16H12Cl2N2O2/c17-11-3-1-10(2-4-11)15(21)8-20-9-19-14-6-5-12(18)7-13(14)16(20)22/h1-7,9,15,21H,8H2/t15-/m1/s1. The summed E-state index contributed by atoms with van der Waals surface area (Å²) < 4.78 is 1.37. The van der Waals surface area contributed by atoms with Gasteiger partial charge in [0.2, 0.25) is 0 Å². The van der Waals surface area contributed by atoms with Crippen LogP contribution in [0.3, 0.4) is 0 Å². The molecule has 6 heteroatoms. The molecule has 1 heterocycles. The number of aliphatic hydroxyl groups is 1. The fourth-order valence-electron chi connectivity index (χ4n) is 2.24. The number of fused-ring (bicyclic) bond motifs is 1. The zero-order chi connectivity index (χ0) is 15.7. The number of hydrogen-bond donors (Lipinski definition) is 1. The highest BCUT2D eigenvalue weighted by Gasteiger charge is 2.11. The Bertz CT molecular complexity index is 875. The minimum absolute atomic E-state index is 0.107. The van der Waals surface area contributed by atoms with Gasteiger partial charge in [-0.1, -0.05) is 35.3 Å². The molecule has 0 spiro atoms. The zero-order valence-corrected chi connectivity index (χ0v) is 12.9. The largest absolute Gasteiger partial charge is 0.387 e. The van der Waals surface area contributed by atoms with Gasteiger partial charge in [-0.2, -0.15) is 0 Å². The van der Waals surface area contributed by atoms with Crippen molar-refractivity contribution in [2.75, 3.05) is 0 Å². The summed E-state index contributed by atoms with van der Waals surface area (Å²) in [6, 6.07) is 11.8.